The van der Waals surface area contributed by atoms with Gasteiger partial charge in [0.1, 0.15) is 17.8 Å². The van der Waals surface area contributed by atoms with Gasteiger partial charge < -0.3 is 9.84 Å². The number of H-pyrrole nitrogens is 1. The minimum atomic E-state index is 0.488. The predicted octanol–water partition coefficient (Wildman–Crippen LogP) is 4.36. The quantitative estimate of drug-likeness (QED) is 0.655. The fourth-order valence-electron chi connectivity index (χ4n) is 1.83. The van der Waals surface area contributed by atoms with Crippen LogP contribution in [0.15, 0.2) is 45.5 Å². The maximum atomic E-state index is 6.22. The smallest absolute Gasteiger partial charge is 0.214 e. The summed E-state index contributed by atoms with van der Waals surface area (Å²) in [5, 5.41) is 7.12. The molecule has 0 amide bonds. The summed E-state index contributed by atoms with van der Waals surface area (Å²) in [5.41, 5.74) is 3.94. The number of rotatable bonds is 4. The molecule has 0 atom stereocenters. The number of nitrogens with zero attached hydrogens (tertiary/aromatic N) is 2. The average molecular weight is 386 g/mol. The molecule has 21 heavy (non-hydrogen) atoms. The van der Waals surface area contributed by atoms with Crippen LogP contribution < -0.4 is 5.43 Å². The Morgan fingerprint density at radius 2 is 2.24 bits per heavy atom. The fourth-order valence-corrected chi connectivity index (χ4v) is 2.76. The summed E-state index contributed by atoms with van der Waals surface area (Å²) in [7, 11) is 0. The van der Waals surface area contributed by atoms with Gasteiger partial charge in [-0.3, -0.25) is 5.10 Å². The highest BCUT2D eigenvalue weighted by Gasteiger charge is 2.09. The first-order valence-corrected chi connectivity index (χ1v) is 7.61. The van der Waals surface area contributed by atoms with E-state index in [1.807, 2.05) is 30.3 Å². The number of furan rings is 1. The third-order valence-corrected chi connectivity index (χ3v) is 3.93. The Balaban J connectivity index is 1.77. The average Bonchev–Trinajstić information content (AvgIpc) is 3.05. The topological polar surface area (TPSA) is 58.8 Å². The molecule has 2 aromatic heterocycles. The van der Waals surface area contributed by atoms with Crippen LogP contribution in [0.4, 0.5) is 0 Å². The van der Waals surface area contributed by atoms with Gasteiger partial charge in [0.15, 0.2) is 0 Å². The Kier molecular flexibility index (Phi) is 4.14. The summed E-state index contributed by atoms with van der Waals surface area (Å²) in [6, 6.07) is 9.45. The normalized spacial score (nSPS) is 10.8. The number of halogens is 2. The molecular formula is C13H10BrClN4OS. The first kappa shape index (κ1) is 14.4. The number of hydrogen-bond donors (Lipinski definition) is 2. The second-order valence-corrected chi connectivity index (χ2v) is 5.97. The lowest BCUT2D eigenvalue weighted by Crippen LogP contribution is -2.12. The van der Waals surface area contributed by atoms with E-state index in [0.717, 1.165) is 21.6 Å². The van der Waals surface area contributed by atoms with Gasteiger partial charge in [0.25, 0.3) is 0 Å². The minimum absolute atomic E-state index is 0.488. The first-order chi connectivity index (χ1) is 10.1. The zero-order chi connectivity index (χ0) is 14.8. The van der Waals surface area contributed by atoms with Gasteiger partial charge in [-0.25, -0.2) is 4.68 Å². The molecule has 5 nitrogen and oxygen atoms in total. The summed E-state index contributed by atoms with van der Waals surface area (Å²) in [6.45, 7) is 0.488. The van der Waals surface area contributed by atoms with Crippen molar-refractivity contribution in [3.8, 4) is 11.3 Å². The SMILES string of the molecule is S=c1[nH]ncn1NCc1ccc(-c2ccc(Br)cc2Cl)o1. The summed E-state index contributed by atoms with van der Waals surface area (Å²) < 4.78 is 8.83. The molecule has 0 aliphatic rings. The van der Waals surface area contributed by atoms with Crippen LogP contribution in [0.1, 0.15) is 5.76 Å². The van der Waals surface area contributed by atoms with Crippen LogP contribution in [0.25, 0.3) is 11.3 Å². The van der Waals surface area contributed by atoms with Crippen LogP contribution in [0.5, 0.6) is 0 Å². The second kappa shape index (κ2) is 6.05. The van der Waals surface area contributed by atoms with Gasteiger partial charge >= 0.3 is 0 Å². The summed E-state index contributed by atoms with van der Waals surface area (Å²) in [5.74, 6) is 1.49. The van der Waals surface area contributed by atoms with E-state index in [0.29, 0.717) is 16.3 Å². The Morgan fingerprint density at radius 1 is 1.38 bits per heavy atom. The second-order valence-electron chi connectivity index (χ2n) is 4.26. The molecule has 0 saturated carbocycles. The Morgan fingerprint density at radius 3 is 2.95 bits per heavy atom. The van der Waals surface area contributed by atoms with Crippen molar-refractivity contribution in [2.75, 3.05) is 5.43 Å². The first-order valence-electron chi connectivity index (χ1n) is 6.03. The van der Waals surface area contributed by atoms with Crippen molar-refractivity contribution in [3.05, 3.63) is 56.7 Å². The predicted molar refractivity (Wildman–Crippen MR) is 87.3 cm³/mol. The molecule has 0 unspecified atom stereocenters. The lowest BCUT2D eigenvalue weighted by atomic mass is 10.2. The third-order valence-electron chi connectivity index (χ3n) is 2.83. The van der Waals surface area contributed by atoms with Crippen molar-refractivity contribution in [1.82, 2.24) is 14.9 Å². The molecule has 108 valence electrons. The number of aromatic amines is 1. The fraction of sp³-hybridized carbons (Fsp3) is 0.0769. The molecule has 0 aliphatic carbocycles. The summed E-state index contributed by atoms with van der Waals surface area (Å²) in [6.07, 6.45) is 1.57. The molecule has 8 heteroatoms. The van der Waals surface area contributed by atoms with Crippen molar-refractivity contribution in [2.24, 2.45) is 0 Å². The van der Waals surface area contributed by atoms with Gasteiger partial charge in [0.05, 0.1) is 11.6 Å². The zero-order valence-corrected chi connectivity index (χ0v) is 13.8. The molecule has 1 aromatic carbocycles. The van der Waals surface area contributed by atoms with E-state index >= 15 is 0 Å². The van der Waals surface area contributed by atoms with E-state index in [4.69, 9.17) is 28.2 Å². The number of benzene rings is 1. The summed E-state index contributed by atoms with van der Waals surface area (Å²) >= 11 is 14.6. The van der Waals surface area contributed by atoms with Crippen molar-refractivity contribution in [1.29, 1.82) is 0 Å². The molecule has 0 saturated heterocycles. The molecule has 3 rings (SSSR count). The van der Waals surface area contributed by atoms with Gasteiger partial charge in [-0.15, -0.1) is 0 Å². The third kappa shape index (κ3) is 3.20. The Labute approximate surface area is 139 Å². The highest BCUT2D eigenvalue weighted by Crippen LogP contribution is 2.31. The lowest BCUT2D eigenvalue weighted by molar-refractivity contribution is 0.522. The number of aromatic nitrogens is 3. The number of nitrogens with one attached hydrogen (secondary N) is 2. The van der Waals surface area contributed by atoms with Crippen molar-refractivity contribution in [2.45, 2.75) is 6.54 Å². The van der Waals surface area contributed by atoms with Crippen molar-refractivity contribution < 1.29 is 4.42 Å². The van der Waals surface area contributed by atoms with Crippen molar-refractivity contribution >= 4 is 39.7 Å². The van der Waals surface area contributed by atoms with E-state index in [1.165, 1.54) is 0 Å². The molecule has 0 fully saturated rings. The van der Waals surface area contributed by atoms with E-state index in [2.05, 4.69) is 31.6 Å². The Hall–Kier alpha value is -1.57. The van der Waals surface area contributed by atoms with Gasteiger partial charge in [0, 0.05) is 10.0 Å². The minimum Gasteiger partial charge on any atom is -0.459 e. The molecular weight excluding hydrogens is 376 g/mol. The highest BCUT2D eigenvalue weighted by atomic mass is 79.9. The van der Waals surface area contributed by atoms with Crippen LogP contribution >= 0.6 is 39.7 Å². The molecule has 2 N–H and O–H groups in total. The monoisotopic (exact) mass is 384 g/mol. The highest BCUT2D eigenvalue weighted by molar-refractivity contribution is 9.10. The zero-order valence-electron chi connectivity index (χ0n) is 10.6. The lowest BCUT2D eigenvalue weighted by Gasteiger charge is -2.04. The van der Waals surface area contributed by atoms with Crippen LogP contribution in [0.3, 0.4) is 0 Å². The van der Waals surface area contributed by atoms with Gasteiger partial charge in [-0.05, 0) is 42.5 Å². The van der Waals surface area contributed by atoms with Gasteiger partial charge in [-0.2, -0.15) is 5.10 Å². The van der Waals surface area contributed by atoms with E-state index in [9.17, 15) is 0 Å². The largest absolute Gasteiger partial charge is 0.459 e. The van der Waals surface area contributed by atoms with Gasteiger partial charge in [0.2, 0.25) is 4.77 Å². The molecule has 0 bridgehead atoms. The molecule has 0 aliphatic heterocycles. The standard InChI is InChI=1S/C13H10BrClN4OS/c14-8-1-3-10(11(15)5-8)12-4-2-9(20-12)6-17-19-7-16-18-13(19)21/h1-5,7,17H,6H2,(H,18,21). The molecule has 0 radical (unpaired) electrons. The Bertz CT molecular complexity index is 825. The van der Waals surface area contributed by atoms with Crippen LogP contribution in [0, 0.1) is 4.77 Å². The number of hydrogen-bond acceptors (Lipinski definition) is 4. The molecule has 2 heterocycles. The van der Waals surface area contributed by atoms with E-state index in [1.54, 1.807) is 11.0 Å². The summed E-state index contributed by atoms with van der Waals surface area (Å²) in [4.78, 5) is 0. The van der Waals surface area contributed by atoms with Crippen LogP contribution in [-0.2, 0) is 6.54 Å². The van der Waals surface area contributed by atoms with E-state index in [-0.39, 0.29) is 0 Å². The van der Waals surface area contributed by atoms with E-state index < -0.39 is 0 Å². The van der Waals surface area contributed by atoms with Gasteiger partial charge in [-0.1, -0.05) is 27.5 Å². The van der Waals surface area contributed by atoms with Crippen LogP contribution in [-0.4, -0.2) is 14.9 Å². The maximum Gasteiger partial charge on any atom is 0.214 e. The maximum absolute atomic E-state index is 6.22. The molecule has 3 aromatic rings. The van der Waals surface area contributed by atoms with Crippen LogP contribution in [0.2, 0.25) is 5.02 Å². The van der Waals surface area contributed by atoms with Crippen molar-refractivity contribution in [3.63, 3.8) is 0 Å². The molecule has 0 spiro atoms.